The molecule has 0 atom stereocenters. The molecular weight excluding hydrogens is 266 g/mol. The molecule has 21 heavy (non-hydrogen) atoms. The molecule has 0 unspecified atom stereocenters. The normalized spacial score (nSPS) is 10.6. The smallest absolute Gasteiger partial charge is 0.335 e. The minimum atomic E-state index is -0.972. The van der Waals surface area contributed by atoms with Crippen molar-refractivity contribution in [1.29, 1.82) is 0 Å². The summed E-state index contributed by atoms with van der Waals surface area (Å²) < 4.78 is 0. The van der Waals surface area contributed by atoms with E-state index in [-0.39, 0.29) is 11.3 Å². The summed E-state index contributed by atoms with van der Waals surface area (Å²) in [7, 11) is 0. The fraction of sp³-hybridized carbons (Fsp3) is 0.294. The number of carbonyl (C=O) groups is 2. The maximum Gasteiger partial charge on any atom is 0.335 e. The maximum atomic E-state index is 12.4. The maximum absolute atomic E-state index is 12.4. The molecule has 0 aliphatic rings. The lowest BCUT2D eigenvalue weighted by Crippen LogP contribution is -2.00. The highest BCUT2D eigenvalue weighted by atomic mass is 16.4. The van der Waals surface area contributed by atoms with Crippen LogP contribution in [-0.2, 0) is 6.42 Å². The van der Waals surface area contributed by atoms with Crippen LogP contribution in [0.4, 0.5) is 0 Å². The molecule has 4 heteroatoms. The summed E-state index contributed by atoms with van der Waals surface area (Å²) in [5, 5.41) is 9.84. The van der Waals surface area contributed by atoms with Gasteiger partial charge < -0.3 is 10.1 Å². The third kappa shape index (κ3) is 3.05. The molecule has 1 heterocycles. The Balaban J connectivity index is 2.65. The number of rotatable bonds is 5. The molecule has 2 aromatic rings. The first kappa shape index (κ1) is 15.0. The van der Waals surface area contributed by atoms with Crippen LogP contribution in [0.5, 0.6) is 0 Å². The Morgan fingerprint density at radius 2 is 2.00 bits per heavy atom. The van der Waals surface area contributed by atoms with Crippen LogP contribution >= 0.6 is 0 Å². The fourth-order valence-electron chi connectivity index (χ4n) is 2.44. The van der Waals surface area contributed by atoms with E-state index < -0.39 is 5.97 Å². The Morgan fingerprint density at radius 1 is 1.29 bits per heavy atom. The number of aromatic carboxylic acids is 1. The number of allylic oxidation sites excluding steroid dienone is 2. The Kier molecular flexibility index (Phi) is 4.26. The minimum Gasteiger partial charge on any atom is -0.478 e. The van der Waals surface area contributed by atoms with Crippen molar-refractivity contribution in [2.45, 2.75) is 33.6 Å². The second kappa shape index (κ2) is 5.95. The monoisotopic (exact) mass is 285 g/mol. The van der Waals surface area contributed by atoms with Crippen molar-refractivity contribution in [1.82, 2.24) is 4.98 Å². The molecule has 0 saturated carbocycles. The molecule has 1 aromatic carbocycles. The van der Waals surface area contributed by atoms with E-state index in [2.05, 4.69) is 4.98 Å². The van der Waals surface area contributed by atoms with Gasteiger partial charge in [-0.3, -0.25) is 4.79 Å². The Hall–Kier alpha value is -2.36. The molecule has 0 spiro atoms. The van der Waals surface area contributed by atoms with Gasteiger partial charge in [0.15, 0.2) is 5.78 Å². The summed E-state index contributed by atoms with van der Waals surface area (Å²) in [6, 6.07) is 4.82. The number of hydrogen-bond donors (Lipinski definition) is 2. The molecule has 0 aliphatic heterocycles. The second-order valence-electron chi connectivity index (χ2n) is 5.38. The lowest BCUT2D eigenvalue weighted by atomic mass is 10.0. The van der Waals surface area contributed by atoms with Gasteiger partial charge in [-0.25, -0.2) is 4.79 Å². The molecule has 0 bridgehead atoms. The number of aromatic amines is 1. The standard InChI is InChI=1S/C17H19NO3/c1-4-5-13-16(15(19)8-10(2)3)12-7-6-11(17(20)21)9-14(12)18-13/h6-9,18H,4-5H2,1-3H3,(H,20,21). The fourth-order valence-corrected chi connectivity index (χ4v) is 2.44. The number of fused-ring (bicyclic) bond motifs is 1. The van der Waals surface area contributed by atoms with Gasteiger partial charge in [0.05, 0.1) is 11.1 Å². The first-order valence-electron chi connectivity index (χ1n) is 7.01. The summed E-state index contributed by atoms with van der Waals surface area (Å²) in [5.41, 5.74) is 3.39. The van der Waals surface area contributed by atoms with Gasteiger partial charge in [-0.1, -0.05) is 25.0 Å². The number of aromatic nitrogens is 1. The number of carbonyl (C=O) groups excluding carboxylic acids is 1. The predicted molar refractivity (Wildman–Crippen MR) is 83.0 cm³/mol. The van der Waals surface area contributed by atoms with Crippen LogP contribution in [0.3, 0.4) is 0 Å². The van der Waals surface area contributed by atoms with Crippen molar-refractivity contribution < 1.29 is 14.7 Å². The molecule has 1 aromatic heterocycles. The van der Waals surface area contributed by atoms with Crippen molar-refractivity contribution in [3.63, 3.8) is 0 Å². The lowest BCUT2D eigenvalue weighted by Gasteiger charge is -2.00. The summed E-state index contributed by atoms with van der Waals surface area (Å²) in [5.74, 6) is -1.01. The molecule has 0 saturated heterocycles. The Bertz CT molecular complexity index is 734. The molecule has 4 nitrogen and oxygen atoms in total. The van der Waals surface area contributed by atoms with E-state index in [4.69, 9.17) is 5.11 Å². The number of nitrogens with one attached hydrogen (secondary N) is 1. The van der Waals surface area contributed by atoms with Crippen molar-refractivity contribution in [2.75, 3.05) is 0 Å². The van der Waals surface area contributed by atoms with Crippen LogP contribution in [-0.4, -0.2) is 21.8 Å². The first-order valence-corrected chi connectivity index (χ1v) is 7.01. The van der Waals surface area contributed by atoms with Crippen molar-refractivity contribution in [3.05, 3.63) is 46.7 Å². The van der Waals surface area contributed by atoms with Gasteiger partial charge in [-0.05, 0) is 38.5 Å². The lowest BCUT2D eigenvalue weighted by molar-refractivity contribution is 0.0697. The summed E-state index contributed by atoms with van der Waals surface area (Å²) in [6.45, 7) is 5.81. The van der Waals surface area contributed by atoms with E-state index in [1.807, 2.05) is 20.8 Å². The van der Waals surface area contributed by atoms with Crippen LogP contribution < -0.4 is 0 Å². The molecule has 0 radical (unpaired) electrons. The van der Waals surface area contributed by atoms with Gasteiger partial charge in [0.2, 0.25) is 0 Å². The van der Waals surface area contributed by atoms with Gasteiger partial charge in [0.25, 0.3) is 0 Å². The number of hydrogen-bond acceptors (Lipinski definition) is 2. The molecular formula is C17H19NO3. The first-order chi connectivity index (χ1) is 9.93. The van der Waals surface area contributed by atoms with Gasteiger partial charge in [-0.2, -0.15) is 0 Å². The van der Waals surface area contributed by atoms with Crippen LogP contribution in [0.15, 0.2) is 29.8 Å². The highest BCUT2D eigenvalue weighted by Gasteiger charge is 2.17. The van der Waals surface area contributed by atoms with Crippen LogP contribution in [0, 0.1) is 0 Å². The number of aryl methyl sites for hydroxylation is 1. The molecule has 0 fully saturated rings. The Morgan fingerprint density at radius 3 is 2.57 bits per heavy atom. The largest absolute Gasteiger partial charge is 0.478 e. The SMILES string of the molecule is CCCc1[nH]c2cc(C(=O)O)ccc2c1C(=O)C=C(C)C. The highest BCUT2D eigenvalue weighted by molar-refractivity contribution is 6.15. The number of H-pyrrole nitrogens is 1. The average molecular weight is 285 g/mol. The average Bonchev–Trinajstić information content (AvgIpc) is 2.75. The molecule has 2 rings (SSSR count). The summed E-state index contributed by atoms with van der Waals surface area (Å²) in [4.78, 5) is 26.7. The van der Waals surface area contributed by atoms with Crippen LogP contribution in [0.2, 0.25) is 0 Å². The zero-order chi connectivity index (χ0) is 15.6. The van der Waals surface area contributed by atoms with Gasteiger partial charge in [0, 0.05) is 16.6 Å². The highest BCUT2D eigenvalue weighted by Crippen LogP contribution is 2.26. The van der Waals surface area contributed by atoms with Crippen molar-refractivity contribution in [3.8, 4) is 0 Å². The molecule has 110 valence electrons. The van der Waals surface area contributed by atoms with Crippen molar-refractivity contribution >= 4 is 22.7 Å². The minimum absolute atomic E-state index is 0.0345. The van der Waals surface area contributed by atoms with Crippen LogP contribution in [0.25, 0.3) is 10.9 Å². The zero-order valence-electron chi connectivity index (χ0n) is 12.5. The predicted octanol–water partition coefficient (Wildman–Crippen LogP) is 3.97. The third-order valence-corrected chi connectivity index (χ3v) is 3.29. The van der Waals surface area contributed by atoms with Gasteiger partial charge >= 0.3 is 5.97 Å². The van der Waals surface area contributed by atoms with Gasteiger partial charge in [0.1, 0.15) is 0 Å². The van der Waals surface area contributed by atoms with Crippen LogP contribution in [0.1, 0.15) is 53.6 Å². The zero-order valence-corrected chi connectivity index (χ0v) is 12.5. The Labute approximate surface area is 123 Å². The topological polar surface area (TPSA) is 70.2 Å². The number of carboxylic acids is 1. The third-order valence-electron chi connectivity index (χ3n) is 3.29. The molecule has 2 N–H and O–H groups in total. The van der Waals surface area contributed by atoms with E-state index in [9.17, 15) is 9.59 Å². The molecule has 0 aliphatic carbocycles. The summed E-state index contributed by atoms with van der Waals surface area (Å²) in [6.07, 6.45) is 3.29. The number of carboxylic acid groups (broad SMARTS) is 1. The second-order valence-corrected chi connectivity index (χ2v) is 5.38. The quantitative estimate of drug-likeness (QED) is 0.645. The van der Waals surface area contributed by atoms with E-state index in [0.29, 0.717) is 11.1 Å². The van der Waals surface area contributed by atoms with Gasteiger partial charge in [-0.15, -0.1) is 0 Å². The summed E-state index contributed by atoms with van der Waals surface area (Å²) >= 11 is 0. The number of ketones is 1. The van der Waals surface area contributed by atoms with E-state index in [0.717, 1.165) is 29.5 Å². The van der Waals surface area contributed by atoms with E-state index >= 15 is 0 Å². The van der Waals surface area contributed by atoms with E-state index in [1.54, 1.807) is 18.2 Å². The van der Waals surface area contributed by atoms with E-state index in [1.165, 1.54) is 6.07 Å². The number of benzene rings is 1. The molecule has 0 amide bonds. The van der Waals surface area contributed by atoms with Crippen molar-refractivity contribution in [2.24, 2.45) is 0 Å².